The molecule has 0 amide bonds. The van der Waals surface area contributed by atoms with Gasteiger partial charge in [0.25, 0.3) is 0 Å². The van der Waals surface area contributed by atoms with Gasteiger partial charge in [-0.3, -0.25) is 0 Å². The maximum atomic E-state index is 5.90. The van der Waals surface area contributed by atoms with Crippen molar-refractivity contribution in [2.24, 2.45) is 5.92 Å². The van der Waals surface area contributed by atoms with E-state index in [2.05, 4.69) is 54.7 Å². The molecule has 3 aromatic rings. The number of aryl methyl sites for hydroxylation is 1. The zero-order valence-corrected chi connectivity index (χ0v) is 23.1. The maximum Gasteiger partial charge on any atom is 0.159 e. The average Bonchev–Trinajstić information content (AvgIpc) is 2.95. The lowest BCUT2D eigenvalue weighted by atomic mass is 9.98. The standard InChI is InChI=1S/C34H46N2O/c1-4-6-7-8-9-10-14-25-37-33-23-21-31(22-24-33)34-35-26-32(27-36-34)30-19-17-29(18-20-30)16-13-11-12-15-28(3)5-2/h4,17-24,26-28H,1,5-16,25H2,2-3H3. The summed E-state index contributed by atoms with van der Waals surface area (Å²) >= 11 is 0. The molecule has 1 aromatic heterocycles. The van der Waals surface area contributed by atoms with Crippen molar-refractivity contribution in [1.29, 1.82) is 0 Å². The van der Waals surface area contributed by atoms with Crippen LogP contribution in [0.3, 0.4) is 0 Å². The number of unbranched alkanes of at least 4 members (excludes halogenated alkanes) is 7. The van der Waals surface area contributed by atoms with Crippen LogP contribution >= 0.6 is 0 Å². The van der Waals surface area contributed by atoms with E-state index in [0.717, 1.165) is 60.1 Å². The third-order valence-corrected chi connectivity index (χ3v) is 7.23. The zero-order valence-electron chi connectivity index (χ0n) is 23.1. The molecule has 2 aromatic carbocycles. The van der Waals surface area contributed by atoms with E-state index in [9.17, 15) is 0 Å². The minimum Gasteiger partial charge on any atom is -0.494 e. The van der Waals surface area contributed by atoms with Crippen molar-refractivity contribution >= 4 is 0 Å². The molecule has 0 aliphatic rings. The summed E-state index contributed by atoms with van der Waals surface area (Å²) in [6, 6.07) is 17.0. The third kappa shape index (κ3) is 10.5. The summed E-state index contributed by atoms with van der Waals surface area (Å²) < 4.78 is 5.90. The van der Waals surface area contributed by atoms with E-state index in [0.29, 0.717) is 0 Å². The lowest BCUT2D eigenvalue weighted by Gasteiger charge is -2.08. The largest absolute Gasteiger partial charge is 0.494 e. The van der Waals surface area contributed by atoms with Crippen LogP contribution in [0, 0.1) is 5.92 Å². The van der Waals surface area contributed by atoms with Gasteiger partial charge in [-0.05, 0) is 73.4 Å². The van der Waals surface area contributed by atoms with Gasteiger partial charge < -0.3 is 4.74 Å². The van der Waals surface area contributed by atoms with Crippen LogP contribution in [0.25, 0.3) is 22.5 Å². The topological polar surface area (TPSA) is 35.0 Å². The number of hydrogen-bond acceptors (Lipinski definition) is 3. The smallest absolute Gasteiger partial charge is 0.159 e. The van der Waals surface area contributed by atoms with Gasteiger partial charge >= 0.3 is 0 Å². The highest BCUT2D eigenvalue weighted by atomic mass is 16.5. The van der Waals surface area contributed by atoms with Crippen LogP contribution in [-0.2, 0) is 6.42 Å². The molecule has 0 saturated heterocycles. The van der Waals surface area contributed by atoms with Crippen molar-refractivity contribution in [2.45, 2.75) is 90.9 Å². The first-order valence-electron chi connectivity index (χ1n) is 14.4. The third-order valence-electron chi connectivity index (χ3n) is 7.23. The van der Waals surface area contributed by atoms with Crippen molar-refractivity contribution < 1.29 is 4.74 Å². The van der Waals surface area contributed by atoms with Gasteiger partial charge in [0.1, 0.15) is 5.75 Å². The van der Waals surface area contributed by atoms with Crippen LogP contribution < -0.4 is 4.74 Å². The Hall–Kier alpha value is -2.94. The Balaban J connectivity index is 1.41. The Kier molecular flexibility index (Phi) is 12.9. The van der Waals surface area contributed by atoms with Crippen LogP contribution in [0.15, 0.2) is 73.6 Å². The molecule has 3 nitrogen and oxygen atoms in total. The summed E-state index contributed by atoms with van der Waals surface area (Å²) in [5.41, 5.74) is 4.63. The molecule has 0 aliphatic heterocycles. The van der Waals surface area contributed by atoms with Crippen LogP contribution in [0.1, 0.15) is 90.0 Å². The van der Waals surface area contributed by atoms with Crippen LogP contribution in [0.5, 0.6) is 5.75 Å². The minimum absolute atomic E-state index is 0.740. The molecule has 0 aliphatic carbocycles. The van der Waals surface area contributed by atoms with E-state index >= 15 is 0 Å². The number of benzene rings is 2. The molecule has 37 heavy (non-hydrogen) atoms. The Labute approximate surface area is 225 Å². The Morgan fingerprint density at radius 2 is 1.41 bits per heavy atom. The van der Waals surface area contributed by atoms with Gasteiger partial charge in [-0.2, -0.15) is 0 Å². The van der Waals surface area contributed by atoms with E-state index < -0.39 is 0 Å². The molecule has 1 unspecified atom stereocenters. The average molecular weight is 499 g/mol. The van der Waals surface area contributed by atoms with E-state index in [4.69, 9.17) is 4.74 Å². The normalized spacial score (nSPS) is 11.8. The number of allylic oxidation sites excluding steroid dienone is 1. The molecular weight excluding hydrogens is 452 g/mol. The molecule has 0 N–H and O–H groups in total. The second kappa shape index (κ2) is 16.7. The molecule has 3 rings (SSSR count). The van der Waals surface area contributed by atoms with E-state index in [1.54, 1.807) is 0 Å². The van der Waals surface area contributed by atoms with Crippen molar-refractivity contribution in [3.8, 4) is 28.3 Å². The van der Waals surface area contributed by atoms with Gasteiger partial charge in [-0.25, -0.2) is 9.97 Å². The maximum absolute atomic E-state index is 5.90. The molecule has 198 valence electrons. The first kappa shape index (κ1) is 28.6. The molecular formula is C34H46N2O. The van der Waals surface area contributed by atoms with Gasteiger partial charge in [0.05, 0.1) is 6.61 Å². The molecule has 0 fully saturated rings. The number of ether oxygens (including phenoxy) is 1. The number of nitrogens with zero attached hydrogens (tertiary/aromatic N) is 2. The fourth-order valence-corrected chi connectivity index (χ4v) is 4.50. The van der Waals surface area contributed by atoms with Gasteiger partial charge in [0.15, 0.2) is 5.82 Å². The molecule has 0 bridgehead atoms. The van der Waals surface area contributed by atoms with Crippen LogP contribution in [-0.4, -0.2) is 16.6 Å². The molecule has 0 radical (unpaired) electrons. The van der Waals surface area contributed by atoms with Crippen LogP contribution in [0.4, 0.5) is 0 Å². The SMILES string of the molecule is C=CCCCCCCCOc1ccc(-c2ncc(-c3ccc(CCCCCC(C)CC)cc3)cn2)cc1. The van der Waals surface area contributed by atoms with Gasteiger partial charge in [0, 0.05) is 23.5 Å². The van der Waals surface area contributed by atoms with Crippen molar-refractivity contribution in [1.82, 2.24) is 9.97 Å². The Morgan fingerprint density at radius 1 is 0.757 bits per heavy atom. The van der Waals surface area contributed by atoms with Crippen molar-refractivity contribution in [3.63, 3.8) is 0 Å². The molecule has 0 spiro atoms. The molecule has 1 heterocycles. The number of aromatic nitrogens is 2. The van der Waals surface area contributed by atoms with Crippen molar-refractivity contribution in [3.05, 3.63) is 79.1 Å². The van der Waals surface area contributed by atoms with E-state index in [1.807, 2.05) is 42.7 Å². The Bertz CT molecular complexity index is 1010. The predicted molar refractivity (Wildman–Crippen MR) is 158 cm³/mol. The lowest BCUT2D eigenvalue weighted by Crippen LogP contribution is -1.97. The fourth-order valence-electron chi connectivity index (χ4n) is 4.50. The lowest BCUT2D eigenvalue weighted by molar-refractivity contribution is 0.304. The summed E-state index contributed by atoms with van der Waals surface area (Å²) in [6.07, 6.45) is 20.9. The minimum atomic E-state index is 0.740. The van der Waals surface area contributed by atoms with Crippen molar-refractivity contribution in [2.75, 3.05) is 6.61 Å². The van der Waals surface area contributed by atoms with Gasteiger partial charge in [-0.1, -0.05) is 89.1 Å². The zero-order chi connectivity index (χ0) is 26.1. The summed E-state index contributed by atoms with van der Waals surface area (Å²) in [6.45, 7) is 9.19. The highest BCUT2D eigenvalue weighted by Gasteiger charge is 2.05. The fraction of sp³-hybridized carbons (Fsp3) is 0.471. The van der Waals surface area contributed by atoms with E-state index in [-0.39, 0.29) is 0 Å². The molecule has 3 heteroatoms. The quantitative estimate of drug-likeness (QED) is 0.129. The summed E-state index contributed by atoms with van der Waals surface area (Å²) in [5.74, 6) is 2.51. The first-order valence-corrected chi connectivity index (χ1v) is 14.4. The second-order valence-corrected chi connectivity index (χ2v) is 10.3. The highest BCUT2D eigenvalue weighted by molar-refractivity contribution is 5.64. The first-order chi connectivity index (χ1) is 18.2. The Morgan fingerprint density at radius 3 is 2.11 bits per heavy atom. The van der Waals surface area contributed by atoms with Gasteiger partial charge in [0.2, 0.25) is 0 Å². The summed E-state index contributed by atoms with van der Waals surface area (Å²) in [7, 11) is 0. The van der Waals surface area contributed by atoms with Crippen LogP contribution in [0.2, 0.25) is 0 Å². The predicted octanol–water partition coefficient (Wildman–Crippen LogP) is 9.86. The monoisotopic (exact) mass is 498 g/mol. The van der Waals surface area contributed by atoms with Gasteiger partial charge in [-0.15, -0.1) is 6.58 Å². The summed E-state index contributed by atoms with van der Waals surface area (Å²) in [4.78, 5) is 9.26. The second-order valence-electron chi connectivity index (χ2n) is 10.3. The highest BCUT2D eigenvalue weighted by Crippen LogP contribution is 2.23. The number of rotatable bonds is 18. The van der Waals surface area contributed by atoms with E-state index in [1.165, 1.54) is 63.4 Å². The summed E-state index contributed by atoms with van der Waals surface area (Å²) in [5, 5.41) is 0. The molecule has 0 saturated carbocycles. The molecule has 1 atom stereocenters. The number of hydrogen-bond donors (Lipinski definition) is 0.